The summed E-state index contributed by atoms with van der Waals surface area (Å²) >= 11 is 11.9. The average Bonchev–Trinajstić information content (AvgIpc) is 2.79. The van der Waals surface area contributed by atoms with Gasteiger partial charge in [-0.05, 0) is 47.5 Å². The standard InChI is InChI=1S/C24H15Cl2F3O4/c1-31-15-5-3-14(4-6-15)21-22(30)17-8-7-16(11-20(17)33-23(21)24(27,28)29)32-12-13-2-9-18(25)19(26)10-13/h2-11H,12H2,1H3. The summed E-state index contributed by atoms with van der Waals surface area (Å²) in [6.07, 6.45) is -4.89. The molecule has 4 rings (SSSR count). The lowest BCUT2D eigenvalue weighted by Gasteiger charge is -2.14. The van der Waals surface area contributed by atoms with E-state index >= 15 is 0 Å². The van der Waals surface area contributed by atoms with Crippen molar-refractivity contribution in [2.24, 2.45) is 0 Å². The summed E-state index contributed by atoms with van der Waals surface area (Å²) in [7, 11) is 1.43. The van der Waals surface area contributed by atoms with Crippen LogP contribution in [0.4, 0.5) is 13.2 Å². The molecule has 0 aliphatic carbocycles. The Labute approximate surface area is 196 Å². The lowest BCUT2D eigenvalue weighted by molar-refractivity contribution is -0.152. The highest BCUT2D eigenvalue weighted by Crippen LogP contribution is 2.38. The van der Waals surface area contributed by atoms with Crippen molar-refractivity contribution in [1.82, 2.24) is 0 Å². The normalized spacial score (nSPS) is 11.6. The van der Waals surface area contributed by atoms with Gasteiger partial charge in [0.05, 0.1) is 28.1 Å². The second-order valence-corrected chi connectivity index (χ2v) is 7.87. The van der Waals surface area contributed by atoms with Gasteiger partial charge in [0, 0.05) is 6.07 Å². The molecule has 0 fully saturated rings. The Bertz CT molecular complexity index is 1380. The predicted molar refractivity (Wildman–Crippen MR) is 120 cm³/mol. The lowest BCUT2D eigenvalue weighted by atomic mass is 10.0. The van der Waals surface area contributed by atoms with Gasteiger partial charge in [0.15, 0.2) is 0 Å². The number of hydrogen-bond acceptors (Lipinski definition) is 4. The van der Waals surface area contributed by atoms with Crippen LogP contribution in [-0.2, 0) is 12.8 Å². The van der Waals surface area contributed by atoms with Crippen molar-refractivity contribution in [2.45, 2.75) is 12.8 Å². The third-order valence-corrected chi connectivity index (χ3v) is 5.63. The second kappa shape index (κ2) is 9.00. The van der Waals surface area contributed by atoms with Crippen LogP contribution in [0, 0.1) is 0 Å². The maximum atomic E-state index is 13.8. The Kier molecular flexibility index (Phi) is 6.28. The molecule has 0 aliphatic heterocycles. The molecular formula is C24H15Cl2F3O4. The molecular weight excluding hydrogens is 480 g/mol. The number of hydrogen-bond donors (Lipinski definition) is 0. The summed E-state index contributed by atoms with van der Waals surface area (Å²) in [5, 5.41) is 0.735. The van der Waals surface area contributed by atoms with Crippen molar-refractivity contribution >= 4 is 34.2 Å². The molecule has 0 amide bonds. The average molecular weight is 495 g/mol. The molecule has 0 aliphatic rings. The molecule has 0 saturated carbocycles. The highest BCUT2D eigenvalue weighted by molar-refractivity contribution is 6.42. The van der Waals surface area contributed by atoms with Gasteiger partial charge >= 0.3 is 6.18 Å². The van der Waals surface area contributed by atoms with Gasteiger partial charge in [0.25, 0.3) is 0 Å². The minimum atomic E-state index is -4.89. The van der Waals surface area contributed by atoms with Crippen molar-refractivity contribution in [3.05, 3.63) is 92.3 Å². The van der Waals surface area contributed by atoms with E-state index in [1.807, 2.05) is 0 Å². The number of ether oxygens (including phenoxy) is 2. The van der Waals surface area contributed by atoms with Crippen LogP contribution in [0.5, 0.6) is 11.5 Å². The van der Waals surface area contributed by atoms with Crippen LogP contribution in [0.25, 0.3) is 22.1 Å². The molecule has 4 aromatic rings. The Balaban J connectivity index is 1.75. The van der Waals surface area contributed by atoms with Gasteiger partial charge in [-0.15, -0.1) is 0 Å². The topological polar surface area (TPSA) is 48.7 Å². The van der Waals surface area contributed by atoms with E-state index in [9.17, 15) is 18.0 Å². The smallest absolute Gasteiger partial charge is 0.450 e. The molecule has 0 radical (unpaired) electrons. The third-order valence-electron chi connectivity index (χ3n) is 4.89. The summed E-state index contributed by atoms with van der Waals surface area (Å²) in [4.78, 5) is 13.1. The molecule has 3 aromatic carbocycles. The van der Waals surface area contributed by atoms with Crippen LogP contribution in [0.3, 0.4) is 0 Å². The molecule has 4 nitrogen and oxygen atoms in total. The zero-order chi connectivity index (χ0) is 23.8. The number of alkyl halides is 3. The lowest BCUT2D eigenvalue weighted by Crippen LogP contribution is -2.16. The first-order valence-electron chi connectivity index (χ1n) is 9.56. The van der Waals surface area contributed by atoms with Gasteiger partial charge in [-0.2, -0.15) is 13.2 Å². The van der Waals surface area contributed by atoms with Crippen molar-refractivity contribution in [1.29, 1.82) is 0 Å². The maximum absolute atomic E-state index is 13.8. The fourth-order valence-corrected chi connectivity index (χ4v) is 3.60. The van der Waals surface area contributed by atoms with Crippen LogP contribution >= 0.6 is 23.2 Å². The first kappa shape index (κ1) is 23.0. The first-order valence-corrected chi connectivity index (χ1v) is 10.3. The highest BCUT2D eigenvalue weighted by atomic mass is 35.5. The molecule has 0 unspecified atom stereocenters. The van der Waals surface area contributed by atoms with E-state index in [0.29, 0.717) is 21.4 Å². The number of rotatable bonds is 5. The molecule has 0 bridgehead atoms. The van der Waals surface area contributed by atoms with E-state index in [-0.39, 0.29) is 28.9 Å². The number of halogens is 5. The summed E-state index contributed by atoms with van der Waals surface area (Å²) in [6.45, 7) is 0.0860. The molecule has 0 atom stereocenters. The fraction of sp³-hybridized carbons (Fsp3) is 0.125. The quantitative estimate of drug-likeness (QED) is 0.290. The van der Waals surface area contributed by atoms with E-state index in [0.717, 1.165) is 0 Å². The highest BCUT2D eigenvalue weighted by Gasteiger charge is 2.39. The Morgan fingerprint density at radius 1 is 0.909 bits per heavy atom. The van der Waals surface area contributed by atoms with Gasteiger partial charge in [0.1, 0.15) is 23.7 Å². The number of benzene rings is 3. The summed E-state index contributed by atoms with van der Waals surface area (Å²) < 4.78 is 57.3. The van der Waals surface area contributed by atoms with Gasteiger partial charge in [0.2, 0.25) is 11.2 Å². The van der Waals surface area contributed by atoms with Gasteiger partial charge in [-0.1, -0.05) is 41.4 Å². The van der Waals surface area contributed by atoms with Crippen LogP contribution in [0.15, 0.2) is 69.9 Å². The van der Waals surface area contributed by atoms with E-state index in [1.54, 1.807) is 18.2 Å². The van der Waals surface area contributed by atoms with Crippen LogP contribution in [0.2, 0.25) is 10.0 Å². The molecule has 170 valence electrons. The second-order valence-electron chi connectivity index (χ2n) is 7.06. The number of methoxy groups -OCH3 is 1. The van der Waals surface area contributed by atoms with Crippen molar-refractivity contribution in [3.63, 3.8) is 0 Å². The monoisotopic (exact) mass is 494 g/mol. The molecule has 0 N–H and O–H groups in total. The summed E-state index contributed by atoms with van der Waals surface area (Å²) in [6, 6.07) is 14.7. The minimum Gasteiger partial charge on any atom is -0.497 e. The molecule has 9 heteroatoms. The zero-order valence-corrected chi connectivity index (χ0v) is 18.5. The van der Waals surface area contributed by atoms with E-state index in [4.69, 9.17) is 37.1 Å². The van der Waals surface area contributed by atoms with E-state index < -0.39 is 22.9 Å². The van der Waals surface area contributed by atoms with Crippen LogP contribution in [-0.4, -0.2) is 7.11 Å². The SMILES string of the molecule is COc1ccc(-c2c(C(F)(F)F)oc3cc(OCc4ccc(Cl)c(Cl)c4)ccc3c2=O)cc1. The molecule has 0 spiro atoms. The van der Waals surface area contributed by atoms with Gasteiger partial charge in [-0.3, -0.25) is 4.79 Å². The van der Waals surface area contributed by atoms with E-state index in [2.05, 4.69) is 0 Å². The van der Waals surface area contributed by atoms with Crippen molar-refractivity contribution < 1.29 is 27.1 Å². The molecule has 0 saturated heterocycles. The molecule has 1 heterocycles. The summed E-state index contributed by atoms with van der Waals surface area (Å²) in [5.41, 5.74) is -0.835. The van der Waals surface area contributed by atoms with Crippen molar-refractivity contribution in [3.8, 4) is 22.6 Å². The maximum Gasteiger partial charge on any atom is 0.450 e. The van der Waals surface area contributed by atoms with Crippen LogP contribution < -0.4 is 14.9 Å². The Morgan fingerprint density at radius 2 is 1.61 bits per heavy atom. The zero-order valence-electron chi connectivity index (χ0n) is 17.0. The van der Waals surface area contributed by atoms with E-state index in [1.165, 1.54) is 49.6 Å². The van der Waals surface area contributed by atoms with Crippen molar-refractivity contribution in [2.75, 3.05) is 7.11 Å². The number of fused-ring (bicyclic) bond motifs is 1. The fourth-order valence-electron chi connectivity index (χ4n) is 3.28. The minimum absolute atomic E-state index is 0.00398. The van der Waals surface area contributed by atoms with Gasteiger partial charge < -0.3 is 13.9 Å². The largest absolute Gasteiger partial charge is 0.497 e. The Hall–Kier alpha value is -3.16. The predicted octanol–water partition coefficient (Wildman–Crippen LogP) is 7.37. The first-order chi connectivity index (χ1) is 15.7. The third kappa shape index (κ3) is 4.79. The van der Waals surface area contributed by atoms with Gasteiger partial charge in [-0.25, -0.2) is 0 Å². The van der Waals surface area contributed by atoms with Crippen LogP contribution in [0.1, 0.15) is 11.3 Å². The Morgan fingerprint density at radius 3 is 2.24 bits per heavy atom. The summed E-state index contributed by atoms with van der Waals surface area (Å²) in [5.74, 6) is -0.713. The molecule has 33 heavy (non-hydrogen) atoms. The molecule has 1 aromatic heterocycles.